The molecule has 2 saturated heterocycles. The van der Waals surface area contributed by atoms with Gasteiger partial charge in [-0.1, -0.05) is 50.0 Å². The molecular formula is C12H43B20N. The Kier molecular flexibility index (Phi) is 13.7. The van der Waals surface area contributed by atoms with Crippen LogP contribution in [0.15, 0.2) is 0 Å². The third-order valence-electron chi connectivity index (χ3n) is 10.2. The Labute approximate surface area is 222 Å². The molecule has 156 valence electrons. The van der Waals surface area contributed by atoms with Gasteiger partial charge in [-0.25, -0.2) is 0 Å². The van der Waals surface area contributed by atoms with Crippen LogP contribution in [-0.4, -0.2) is 155 Å². The second-order valence-corrected chi connectivity index (χ2v) is 13.9. The molecular weight excluding hydrogens is 374 g/mol. The van der Waals surface area contributed by atoms with Gasteiger partial charge in [-0.3, -0.25) is 0 Å². The predicted octanol–water partition coefficient (Wildman–Crippen LogP) is -9.44. The van der Waals surface area contributed by atoms with Crippen LogP contribution in [0.3, 0.4) is 0 Å². The number of hydrogen-bond donors (Lipinski definition) is 1. The molecule has 0 spiro atoms. The maximum absolute atomic E-state index is 3.74. The monoisotopic (exact) mass is 422 g/mol. The molecule has 2 unspecified atom stereocenters. The zero-order valence-electron chi connectivity index (χ0n) is 24.5. The van der Waals surface area contributed by atoms with Gasteiger partial charge in [0.15, 0.2) is 0 Å². The first-order valence-corrected chi connectivity index (χ1v) is 15.3. The van der Waals surface area contributed by atoms with Gasteiger partial charge in [0.25, 0.3) is 0 Å². The minimum Gasteiger partial charge on any atom is -0.317 e. The van der Waals surface area contributed by atoms with Crippen molar-refractivity contribution >= 4 is 142 Å². The highest BCUT2D eigenvalue weighted by atomic mass is 14.8. The molecule has 1 nitrogen and oxygen atoms in total. The standard InChI is InChI=1S/C12H43B20N/c13-25(14)29(21)31(27(17)18)23-9-11(23)5-1-3-7-33-8-4-2-6-12-10-24(12)32(28(19)20)30(22)26(15)16/h11-12,33H,1-10,13-22H2. The van der Waals surface area contributed by atoms with Crippen molar-refractivity contribution in [3.8, 4) is 0 Å². The van der Waals surface area contributed by atoms with Crippen molar-refractivity contribution in [2.75, 3.05) is 13.1 Å². The first-order valence-electron chi connectivity index (χ1n) is 15.3. The third-order valence-corrected chi connectivity index (χ3v) is 10.2. The molecule has 0 aromatic heterocycles. The molecule has 33 heavy (non-hydrogen) atoms. The van der Waals surface area contributed by atoms with Crippen LogP contribution < -0.4 is 5.32 Å². The van der Waals surface area contributed by atoms with Crippen molar-refractivity contribution in [1.29, 1.82) is 0 Å². The Morgan fingerprint density at radius 2 is 0.909 bits per heavy atom. The highest BCUT2D eigenvalue weighted by Gasteiger charge is 2.50. The number of hydrogen-bond acceptors (Lipinski definition) is 1. The van der Waals surface area contributed by atoms with Crippen molar-refractivity contribution in [2.24, 2.45) is 0 Å². The zero-order valence-corrected chi connectivity index (χ0v) is 24.5. The molecule has 2 rings (SSSR count). The van der Waals surface area contributed by atoms with Gasteiger partial charge >= 0.3 is 0 Å². The van der Waals surface area contributed by atoms with E-state index >= 15 is 0 Å². The summed E-state index contributed by atoms with van der Waals surface area (Å²) in [5.41, 5.74) is 0. The van der Waals surface area contributed by atoms with Crippen LogP contribution in [0.5, 0.6) is 0 Å². The lowest BCUT2D eigenvalue weighted by Crippen LogP contribution is -2.63. The molecule has 2 heterocycles. The lowest BCUT2D eigenvalue weighted by Gasteiger charge is -2.24. The van der Waals surface area contributed by atoms with Gasteiger partial charge in [0.2, 0.25) is 0 Å². The molecule has 0 bridgehead atoms. The van der Waals surface area contributed by atoms with Gasteiger partial charge in [-0.05, 0) is 25.9 Å². The van der Waals surface area contributed by atoms with Gasteiger partial charge in [0, 0.05) is 51.1 Å². The van der Waals surface area contributed by atoms with Gasteiger partial charge in [-0.2, -0.15) is 0 Å². The number of nitrogens with one attached hydrogen (secondary N) is 1. The van der Waals surface area contributed by atoms with Crippen LogP contribution in [0.4, 0.5) is 0 Å². The summed E-state index contributed by atoms with van der Waals surface area (Å²) in [7, 11) is 24.5. The van der Waals surface area contributed by atoms with Gasteiger partial charge < -0.3 is 5.32 Å². The van der Waals surface area contributed by atoms with Gasteiger partial charge in [0.05, 0.1) is 90.6 Å². The van der Waals surface area contributed by atoms with E-state index in [1.807, 2.05) is 0 Å². The molecule has 0 aromatic carbocycles. The average Bonchev–Trinajstić information content (AvgIpc) is 3.64. The van der Waals surface area contributed by atoms with E-state index in [1.165, 1.54) is 64.3 Å². The fourth-order valence-electron chi connectivity index (χ4n) is 7.46. The normalized spacial score (nSPS) is 18.4. The fraction of sp³-hybridized carbons (Fsp3) is 1.00. The van der Waals surface area contributed by atoms with Crippen molar-refractivity contribution in [3.63, 3.8) is 0 Å². The highest BCUT2D eigenvalue weighted by Crippen LogP contribution is 2.44. The summed E-state index contributed by atoms with van der Waals surface area (Å²) in [5, 5.41) is 3.74. The van der Waals surface area contributed by atoms with E-state index in [1.54, 1.807) is 0 Å². The van der Waals surface area contributed by atoms with E-state index in [9.17, 15) is 0 Å². The summed E-state index contributed by atoms with van der Waals surface area (Å²) in [6.45, 7) is 4.53. The molecule has 0 aliphatic carbocycles. The van der Waals surface area contributed by atoms with E-state index in [0.29, 0.717) is 0 Å². The van der Waals surface area contributed by atoms with Crippen molar-refractivity contribution in [2.45, 2.75) is 62.8 Å². The largest absolute Gasteiger partial charge is 0.317 e. The quantitative estimate of drug-likeness (QED) is 0.173. The van der Waals surface area contributed by atoms with E-state index in [-0.39, 0.29) is 0 Å². The van der Waals surface area contributed by atoms with Crippen LogP contribution in [-0.2, 0) is 0 Å². The minimum absolute atomic E-state index is 0.828. The summed E-state index contributed by atoms with van der Waals surface area (Å²) >= 11 is 0. The smallest absolute Gasteiger partial charge is 0.0928 e. The molecule has 0 saturated carbocycles. The molecule has 2 atom stereocenters. The average molecular weight is 418 g/mol. The second kappa shape index (κ2) is 14.9. The van der Waals surface area contributed by atoms with Crippen LogP contribution in [0, 0.1) is 0 Å². The summed E-state index contributed by atoms with van der Waals surface area (Å²) in [6, 6.07) is 0. The zero-order chi connectivity index (χ0) is 24.7. The number of unbranched alkanes of at least 4 members (excludes halogenated alkanes) is 2. The van der Waals surface area contributed by atoms with E-state index in [4.69, 9.17) is 0 Å². The Bertz CT molecular complexity index is 505. The molecule has 1 N–H and O–H groups in total. The molecule has 2 fully saturated rings. The molecule has 0 aromatic rings. The van der Waals surface area contributed by atoms with Crippen LogP contribution in [0.25, 0.3) is 0 Å². The summed E-state index contributed by atoms with van der Waals surface area (Å²) in [5.74, 6) is 2.08. The van der Waals surface area contributed by atoms with Crippen molar-refractivity contribution in [1.82, 2.24) is 5.32 Å². The Morgan fingerprint density at radius 3 is 1.21 bits per heavy atom. The Hall–Kier alpha value is 1.26. The van der Waals surface area contributed by atoms with Crippen LogP contribution in [0.1, 0.15) is 38.5 Å². The van der Waals surface area contributed by atoms with E-state index in [2.05, 4.69) is 82.7 Å². The lowest BCUT2D eigenvalue weighted by molar-refractivity contribution is 0.572. The summed E-state index contributed by atoms with van der Waals surface area (Å²) in [4.78, 5) is 0. The van der Waals surface area contributed by atoms with E-state index < -0.39 is 0 Å². The second-order valence-electron chi connectivity index (χ2n) is 13.9. The first kappa shape index (κ1) is 30.5. The third kappa shape index (κ3) is 9.91. The van der Waals surface area contributed by atoms with Crippen LogP contribution in [0.2, 0.25) is 24.3 Å². The minimum atomic E-state index is 0.828. The van der Waals surface area contributed by atoms with Gasteiger partial charge in [0.1, 0.15) is 0 Å². The lowest BCUT2D eigenvalue weighted by atomic mass is 8.57. The summed E-state index contributed by atoms with van der Waals surface area (Å²) < 4.78 is 0. The number of rotatable bonds is 18. The highest BCUT2D eigenvalue weighted by molar-refractivity contribution is 8.01. The van der Waals surface area contributed by atoms with Crippen LogP contribution >= 0.6 is 0 Å². The molecule has 21 heteroatoms. The predicted molar refractivity (Wildman–Crippen MR) is 201 cm³/mol. The maximum atomic E-state index is 3.74. The molecule has 0 radical (unpaired) electrons. The first-order chi connectivity index (χ1) is 15.6. The Morgan fingerprint density at radius 1 is 0.545 bits per heavy atom. The SMILES string of the molecule is BB(B)B(B)B(B(B)B)B1CC1CCCCNCCCCC1CB1B(B(B)B)B(B)B(B)B. The topological polar surface area (TPSA) is 12.0 Å². The molecule has 2 aliphatic rings. The van der Waals surface area contributed by atoms with Crippen molar-refractivity contribution < 1.29 is 0 Å². The van der Waals surface area contributed by atoms with Crippen molar-refractivity contribution in [3.05, 3.63) is 0 Å². The van der Waals surface area contributed by atoms with E-state index in [0.717, 1.165) is 75.9 Å². The molecule has 0 amide bonds. The molecule has 2 aliphatic heterocycles. The fourth-order valence-corrected chi connectivity index (χ4v) is 7.46. The maximum Gasteiger partial charge on any atom is 0.0928 e. The Balaban J connectivity index is 1.48. The summed E-state index contributed by atoms with van der Waals surface area (Å²) in [6.07, 6.45) is 18.6. The van der Waals surface area contributed by atoms with Gasteiger partial charge in [-0.15, -0.1) is 0 Å².